The van der Waals surface area contributed by atoms with E-state index in [0.29, 0.717) is 5.75 Å². The molecular weight excluding hydrogens is 362 g/mol. The Morgan fingerprint density at radius 1 is 1.04 bits per heavy atom. The highest BCUT2D eigenvalue weighted by molar-refractivity contribution is 7.17. The van der Waals surface area contributed by atoms with Gasteiger partial charge in [-0.25, -0.2) is 9.97 Å². The van der Waals surface area contributed by atoms with Crippen molar-refractivity contribution in [1.82, 2.24) is 9.97 Å². The lowest BCUT2D eigenvalue weighted by Crippen LogP contribution is -2.29. The molecule has 0 saturated heterocycles. The Morgan fingerprint density at radius 2 is 1.81 bits per heavy atom. The Morgan fingerprint density at radius 3 is 2.44 bits per heavy atom. The fourth-order valence-electron chi connectivity index (χ4n) is 3.41. The van der Waals surface area contributed by atoms with E-state index in [0.717, 1.165) is 52.6 Å². The lowest BCUT2D eigenvalue weighted by molar-refractivity contribution is 0.373. The first-order valence-electron chi connectivity index (χ1n) is 8.67. The maximum Gasteiger partial charge on any atom is 0.150 e. The summed E-state index contributed by atoms with van der Waals surface area (Å²) < 4.78 is 17.7. The summed E-state index contributed by atoms with van der Waals surface area (Å²) >= 11 is 1.68. The molecule has 1 aliphatic rings. The third-order valence-electron chi connectivity index (χ3n) is 4.77. The summed E-state index contributed by atoms with van der Waals surface area (Å²) in [6, 6.07) is 5.82. The molecular formula is C20H21N3O3S. The minimum Gasteiger partial charge on any atom is -0.496 e. The molecule has 4 rings (SSSR count). The van der Waals surface area contributed by atoms with E-state index in [1.807, 2.05) is 18.2 Å². The van der Waals surface area contributed by atoms with Crippen LogP contribution in [0.5, 0.6) is 17.2 Å². The van der Waals surface area contributed by atoms with Crippen LogP contribution in [0.15, 0.2) is 36.0 Å². The summed E-state index contributed by atoms with van der Waals surface area (Å²) in [4.78, 5) is 11.1. The van der Waals surface area contributed by atoms with E-state index in [4.69, 9.17) is 14.2 Å². The van der Waals surface area contributed by atoms with E-state index in [1.165, 1.54) is 5.57 Å². The lowest BCUT2D eigenvalue weighted by atomic mass is 9.97. The molecule has 3 aromatic rings. The molecule has 0 atom stereocenters. The Bertz CT molecular complexity index is 974. The topological polar surface area (TPSA) is 56.7 Å². The van der Waals surface area contributed by atoms with Gasteiger partial charge < -0.3 is 19.1 Å². The monoisotopic (exact) mass is 383 g/mol. The number of thiophene rings is 1. The molecule has 0 radical (unpaired) electrons. The fourth-order valence-corrected chi connectivity index (χ4v) is 4.27. The van der Waals surface area contributed by atoms with Crippen molar-refractivity contribution in [2.75, 3.05) is 39.3 Å². The molecule has 3 heterocycles. The number of nitrogens with zero attached hydrogens (tertiary/aromatic N) is 3. The maximum atomic E-state index is 5.61. The van der Waals surface area contributed by atoms with E-state index in [1.54, 1.807) is 39.0 Å². The number of benzene rings is 1. The summed E-state index contributed by atoms with van der Waals surface area (Å²) in [6.07, 6.45) is 4.73. The summed E-state index contributed by atoms with van der Waals surface area (Å²) in [5.41, 5.74) is 3.20. The zero-order valence-electron chi connectivity index (χ0n) is 15.6. The molecule has 6 nitrogen and oxygen atoms in total. The lowest BCUT2D eigenvalue weighted by Gasteiger charge is -2.28. The van der Waals surface area contributed by atoms with Crippen molar-refractivity contribution in [1.29, 1.82) is 0 Å². The first-order valence-corrected chi connectivity index (χ1v) is 9.55. The first kappa shape index (κ1) is 17.6. The second-order valence-electron chi connectivity index (χ2n) is 6.16. The zero-order chi connectivity index (χ0) is 18.8. The largest absolute Gasteiger partial charge is 0.496 e. The predicted molar refractivity (Wildman–Crippen MR) is 108 cm³/mol. The number of fused-ring (bicyclic) bond motifs is 1. The van der Waals surface area contributed by atoms with Crippen molar-refractivity contribution < 1.29 is 14.2 Å². The Labute approximate surface area is 162 Å². The average molecular weight is 383 g/mol. The molecule has 0 aliphatic carbocycles. The van der Waals surface area contributed by atoms with E-state index < -0.39 is 0 Å². The third kappa shape index (κ3) is 3.19. The first-order chi connectivity index (χ1) is 13.2. The highest BCUT2D eigenvalue weighted by atomic mass is 32.1. The number of hydrogen-bond acceptors (Lipinski definition) is 7. The molecule has 0 saturated carbocycles. The van der Waals surface area contributed by atoms with Gasteiger partial charge >= 0.3 is 0 Å². The molecule has 0 bridgehead atoms. The molecule has 140 valence electrons. The number of ether oxygens (including phenoxy) is 3. The Balaban J connectivity index is 1.67. The van der Waals surface area contributed by atoms with Gasteiger partial charge in [0.25, 0.3) is 0 Å². The van der Waals surface area contributed by atoms with Crippen LogP contribution in [0.1, 0.15) is 12.0 Å². The SMILES string of the molecule is COc1cc(OC)c(C2=CCN(c3ncnc4ccsc34)CC2)c(OC)c1. The quantitative estimate of drug-likeness (QED) is 0.663. The number of rotatable bonds is 5. The second kappa shape index (κ2) is 7.44. The van der Waals surface area contributed by atoms with Crippen LogP contribution >= 0.6 is 11.3 Å². The smallest absolute Gasteiger partial charge is 0.150 e. The standard InChI is InChI=1S/C20H21N3O3S/c1-24-14-10-16(25-2)18(17(11-14)26-3)13-4-7-23(8-5-13)20-19-15(6-9-27-19)21-12-22-20/h4,6,9-12H,5,7-8H2,1-3H3. The molecule has 0 spiro atoms. The van der Waals surface area contributed by atoms with Crippen LogP contribution in [0, 0.1) is 0 Å². The average Bonchev–Trinajstić information content (AvgIpc) is 3.21. The van der Waals surface area contributed by atoms with E-state index >= 15 is 0 Å². The number of methoxy groups -OCH3 is 3. The normalized spacial score (nSPS) is 14.2. The van der Waals surface area contributed by atoms with Gasteiger partial charge in [-0.1, -0.05) is 6.08 Å². The molecule has 0 N–H and O–H groups in total. The van der Waals surface area contributed by atoms with Crippen molar-refractivity contribution in [3.8, 4) is 17.2 Å². The second-order valence-corrected chi connectivity index (χ2v) is 7.08. The van der Waals surface area contributed by atoms with Crippen molar-refractivity contribution >= 4 is 32.9 Å². The van der Waals surface area contributed by atoms with Gasteiger partial charge in [0.05, 0.1) is 37.1 Å². The molecule has 0 fully saturated rings. The summed E-state index contributed by atoms with van der Waals surface area (Å²) in [5, 5.41) is 2.06. The fraction of sp³-hybridized carbons (Fsp3) is 0.300. The highest BCUT2D eigenvalue weighted by Crippen LogP contribution is 2.41. The van der Waals surface area contributed by atoms with Crippen molar-refractivity contribution in [2.24, 2.45) is 0 Å². The van der Waals surface area contributed by atoms with Crippen LogP contribution in [0.3, 0.4) is 0 Å². The van der Waals surface area contributed by atoms with Gasteiger partial charge in [-0.2, -0.15) is 0 Å². The van der Waals surface area contributed by atoms with E-state index in [-0.39, 0.29) is 0 Å². The Kier molecular flexibility index (Phi) is 4.85. The molecule has 1 aliphatic heterocycles. The molecule has 0 unspecified atom stereocenters. The summed E-state index contributed by atoms with van der Waals surface area (Å²) in [7, 11) is 4.97. The number of anilines is 1. The number of aromatic nitrogens is 2. The summed E-state index contributed by atoms with van der Waals surface area (Å²) in [5.74, 6) is 3.23. The van der Waals surface area contributed by atoms with E-state index in [9.17, 15) is 0 Å². The zero-order valence-corrected chi connectivity index (χ0v) is 16.4. The van der Waals surface area contributed by atoms with E-state index in [2.05, 4.69) is 26.3 Å². The van der Waals surface area contributed by atoms with Gasteiger partial charge in [0, 0.05) is 25.2 Å². The third-order valence-corrected chi connectivity index (χ3v) is 5.67. The van der Waals surface area contributed by atoms with Crippen LogP contribution in [-0.2, 0) is 0 Å². The van der Waals surface area contributed by atoms with Crippen molar-refractivity contribution in [3.63, 3.8) is 0 Å². The van der Waals surface area contributed by atoms with Crippen LogP contribution < -0.4 is 19.1 Å². The number of hydrogen-bond donors (Lipinski definition) is 0. The van der Waals surface area contributed by atoms with Crippen molar-refractivity contribution in [3.05, 3.63) is 41.5 Å². The van der Waals surface area contributed by atoms with Crippen LogP contribution in [-0.4, -0.2) is 44.4 Å². The maximum absolute atomic E-state index is 5.61. The highest BCUT2D eigenvalue weighted by Gasteiger charge is 2.22. The molecule has 0 amide bonds. The van der Waals surface area contributed by atoms with Gasteiger partial charge in [-0.05, 0) is 23.4 Å². The molecule has 2 aromatic heterocycles. The van der Waals surface area contributed by atoms with Gasteiger partial charge in [0.1, 0.15) is 29.4 Å². The Hall–Kier alpha value is -2.80. The molecule has 27 heavy (non-hydrogen) atoms. The van der Waals surface area contributed by atoms with Gasteiger partial charge in [0.2, 0.25) is 0 Å². The predicted octanol–water partition coefficient (Wildman–Crippen LogP) is 4.01. The summed E-state index contributed by atoms with van der Waals surface area (Å²) in [6.45, 7) is 1.64. The van der Waals surface area contributed by atoms with Crippen LogP contribution in [0.2, 0.25) is 0 Å². The van der Waals surface area contributed by atoms with Gasteiger partial charge in [0.15, 0.2) is 0 Å². The van der Waals surface area contributed by atoms with Gasteiger partial charge in [-0.3, -0.25) is 0 Å². The minimum atomic E-state index is 0.714. The van der Waals surface area contributed by atoms with Crippen LogP contribution in [0.25, 0.3) is 15.8 Å². The van der Waals surface area contributed by atoms with Crippen molar-refractivity contribution in [2.45, 2.75) is 6.42 Å². The minimum absolute atomic E-state index is 0.714. The molecule has 1 aromatic carbocycles. The van der Waals surface area contributed by atoms with Gasteiger partial charge in [-0.15, -0.1) is 11.3 Å². The van der Waals surface area contributed by atoms with Crippen LogP contribution in [0.4, 0.5) is 5.82 Å². The molecule has 7 heteroatoms.